The monoisotopic (exact) mass is 410 g/mol. The molecule has 4 N–H and O–H groups in total. The van der Waals surface area contributed by atoms with Crippen LogP contribution in [0.2, 0.25) is 0 Å². The van der Waals surface area contributed by atoms with Crippen molar-refractivity contribution in [2.75, 3.05) is 18.6 Å². The van der Waals surface area contributed by atoms with E-state index in [1.165, 1.54) is 0 Å². The third kappa shape index (κ3) is 8.22. The molecule has 0 aliphatic carbocycles. The number of halogens is 1. The molecule has 0 bridgehead atoms. The number of carbonyl (C=O) groups is 1. The Morgan fingerprint density at radius 1 is 1.22 bits per heavy atom. The maximum atomic E-state index is 11.9. The number of carbonyl (C=O) groups excluding carboxylic acids is 1. The summed E-state index contributed by atoms with van der Waals surface area (Å²) in [6.45, 7) is 0.579. The molecule has 0 saturated heterocycles. The van der Waals surface area contributed by atoms with Crippen LogP contribution in [0.5, 0.6) is 5.75 Å². The lowest BCUT2D eigenvalue weighted by Crippen LogP contribution is -2.42. The fourth-order valence-electron chi connectivity index (χ4n) is 2.37. The zero-order valence-electron chi connectivity index (χ0n) is 15.3. The highest BCUT2D eigenvalue weighted by Gasteiger charge is 2.15. The van der Waals surface area contributed by atoms with Crippen molar-refractivity contribution in [3.05, 3.63) is 65.7 Å². The van der Waals surface area contributed by atoms with E-state index in [2.05, 4.69) is 5.32 Å². The standard InChI is InChI=1S/C20H26N2O3S.ClH/c1-26-11-10-18(21)20(24)22-13-19(23)16-8-5-9-17(12-16)25-14-15-6-3-2-4-7-15;/h2-9,12,18-19,23H,10-11,13-14,21H2,1H3,(H,22,24);1H/t18-,19?;/m0./s1. The molecule has 0 aliphatic heterocycles. The lowest BCUT2D eigenvalue weighted by Gasteiger charge is -2.16. The van der Waals surface area contributed by atoms with Crippen molar-refractivity contribution >= 4 is 30.1 Å². The number of aliphatic hydroxyl groups is 1. The summed E-state index contributed by atoms with van der Waals surface area (Å²) in [5, 5.41) is 13.0. The average molecular weight is 411 g/mol. The number of benzene rings is 2. The van der Waals surface area contributed by atoms with Crippen LogP contribution < -0.4 is 15.8 Å². The second kappa shape index (κ2) is 12.6. The van der Waals surface area contributed by atoms with E-state index >= 15 is 0 Å². The molecule has 2 rings (SSSR count). The van der Waals surface area contributed by atoms with Crippen LogP contribution in [0.4, 0.5) is 0 Å². The summed E-state index contributed by atoms with van der Waals surface area (Å²) in [5.74, 6) is 1.26. The Bertz CT molecular complexity index is 688. The number of thioether (sulfide) groups is 1. The van der Waals surface area contributed by atoms with Crippen molar-refractivity contribution in [1.82, 2.24) is 5.32 Å². The SMILES string of the molecule is CSCC[C@H](N)C(=O)NCC(O)c1cccc(OCc2ccccc2)c1.Cl. The Kier molecular flexibility index (Phi) is 10.9. The molecule has 2 aromatic rings. The minimum Gasteiger partial charge on any atom is -0.489 e. The van der Waals surface area contributed by atoms with Gasteiger partial charge < -0.3 is 20.9 Å². The Morgan fingerprint density at radius 2 is 1.96 bits per heavy atom. The minimum atomic E-state index is -0.813. The molecule has 27 heavy (non-hydrogen) atoms. The Labute approximate surface area is 171 Å². The van der Waals surface area contributed by atoms with Crippen LogP contribution in [0.15, 0.2) is 54.6 Å². The predicted molar refractivity (Wildman–Crippen MR) is 113 cm³/mol. The van der Waals surface area contributed by atoms with Gasteiger partial charge in [0.1, 0.15) is 12.4 Å². The van der Waals surface area contributed by atoms with Gasteiger partial charge in [-0.25, -0.2) is 0 Å². The normalized spacial score (nSPS) is 12.6. The quantitative estimate of drug-likeness (QED) is 0.560. The highest BCUT2D eigenvalue weighted by atomic mass is 35.5. The first-order valence-corrected chi connectivity index (χ1v) is 9.96. The molecule has 0 fully saturated rings. The Hall–Kier alpha value is -1.73. The molecule has 148 valence electrons. The fraction of sp³-hybridized carbons (Fsp3) is 0.350. The highest BCUT2D eigenvalue weighted by molar-refractivity contribution is 7.98. The van der Waals surface area contributed by atoms with Crippen LogP contribution >= 0.6 is 24.2 Å². The van der Waals surface area contributed by atoms with Crippen molar-refractivity contribution in [3.63, 3.8) is 0 Å². The van der Waals surface area contributed by atoms with Gasteiger partial charge in [0, 0.05) is 6.54 Å². The van der Waals surface area contributed by atoms with Crippen molar-refractivity contribution in [1.29, 1.82) is 0 Å². The number of rotatable bonds is 10. The number of nitrogens with one attached hydrogen (secondary N) is 1. The molecule has 0 spiro atoms. The molecule has 0 heterocycles. The molecule has 2 aromatic carbocycles. The molecule has 2 atom stereocenters. The van der Waals surface area contributed by atoms with Gasteiger partial charge >= 0.3 is 0 Å². The van der Waals surface area contributed by atoms with Crippen LogP contribution in [0.1, 0.15) is 23.7 Å². The minimum absolute atomic E-state index is 0. The largest absolute Gasteiger partial charge is 0.489 e. The Morgan fingerprint density at radius 3 is 2.67 bits per heavy atom. The molecule has 0 saturated carbocycles. The van der Waals surface area contributed by atoms with E-state index in [0.717, 1.165) is 11.3 Å². The van der Waals surface area contributed by atoms with Gasteiger partial charge in [-0.1, -0.05) is 42.5 Å². The molecule has 7 heteroatoms. The first kappa shape index (κ1) is 23.3. The van der Waals surface area contributed by atoms with Crippen molar-refractivity contribution in [3.8, 4) is 5.75 Å². The average Bonchev–Trinajstić information content (AvgIpc) is 2.69. The highest BCUT2D eigenvalue weighted by Crippen LogP contribution is 2.20. The summed E-state index contributed by atoms with van der Waals surface area (Å²) >= 11 is 1.65. The zero-order valence-corrected chi connectivity index (χ0v) is 17.0. The van der Waals surface area contributed by atoms with Gasteiger partial charge in [0.2, 0.25) is 5.91 Å². The summed E-state index contributed by atoms with van der Waals surface area (Å²) in [5.41, 5.74) is 7.58. The Balaban J connectivity index is 0.00000364. The maximum absolute atomic E-state index is 11.9. The van der Waals surface area contributed by atoms with E-state index in [1.54, 1.807) is 23.9 Å². The molecular formula is C20H27ClN2O3S. The van der Waals surface area contributed by atoms with Crippen LogP contribution in [0.25, 0.3) is 0 Å². The van der Waals surface area contributed by atoms with E-state index in [4.69, 9.17) is 10.5 Å². The lowest BCUT2D eigenvalue weighted by molar-refractivity contribution is -0.122. The van der Waals surface area contributed by atoms with Gasteiger partial charge in [0.15, 0.2) is 0 Å². The van der Waals surface area contributed by atoms with Gasteiger partial charge in [0.25, 0.3) is 0 Å². The summed E-state index contributed by atoms with van der Waals surface area (Å²) < 4.78 is 5.77. The molecule has 0 radical (unpaired) electrons. The number of ether oxygens (including phenoxy) is 1. The third-order valence-electron chi connectivity index (χ3n) is 3.93. The topological polar surface area (TPSA) is 84.6 Å². The number of hydrogen-bond acceptors (Lipinski definition) is 5. The zero-order chi connectivity index (χ0) is 18.8. The van der Waals surface area contributed by atoms with Crippen molar-refractivity contribution < 1.29 is 14.6 Å². The van der Waals surface area contributed by atoms with Crippen LogP contribution in [0.3, 0.4) is 0 Å². The van der Waals surface area contributed by atoms with Gasteiger partial charge in [0.05, 0.1) is 12.1 Å². The van der Waals surface area contributed by atoms with Gasteiger partial charge in [-0.05, 0) is 41.7 Å². The van der Waals surface area contributed by atoms with E-state index in [1.807, 2.05) is 48.7 Å². The van der Waals surface area contributed by atoms with Crippen molar-refractivity contribution in [2.45, 2.75) is 25.2 Å². The van der Waals surface area contributed by atoms with Crippen LogP contribution in [0, 0.1) is 0 Å². The smallest absolute Gasteiger partial charge is 0.237 e. The van der Waals surface area contributed by atoms with Gasteiger partial charge in [-0.3, -0.25) is 4.79 Å². The predicted octanol–water partition coefficient (Wildman–Crippen LogP) is 2.92. The van der Waals surface area contributed by atoms with Crippen molar-refractivity contribution in [2.24, 2.45) is 5.73 Å². The number of aliphatic hydroxyl groups excluding tert-OH is 1. The van der Waals surface area contributed by atoms with Crippen LogP contribution in [-0.2, 0) is 11.4 Å². The first-order chi connectivity index (χ1) is 12.6. The van der Waals surface area contributed by atoms with E-state index in [9.17, 15) is 9.90 Å². The van der Waals surface area contributed by atoms with Gasteiger partial charge in [-0.15, -0.1) is 12.4 Å². The second-order valence-corrected chi connectivity index (χ2v) is 6.98. The number of amides is 1. The van der Waals surface area contributed by atoms with E-state index < -0.39 is 12.1 Å². The van der Waals surface area contributed by atoms with Gasteiger partial charge in [-0.2, -0.15) is 11.8 Å². The summed E-state index contributed by atoms with van der Waals surface area (Å²) in [7, 11) is 0. The van der Waals surface area contributed by atoms with E-state index in [0.29, 0.717) is 24.3 Å². The lowest BCUT2D eigenvalue weighted by atomic mass is 10.1. The molecule has 0 aromatic heterocycles. The van der Waals surface area contributed by atoms with Crippen LogP contribution in [-0.4, -0.2) is 35.6 Å². The summed E-state index contributed by atoms with van der Waals surface area (Å²) in [6.07, 6.45) is 1.78. The summed E-state index contributed by atoms with van der Waals surface area (Å²) in [6, 6.07) is 16.6. The number of hydrogen-bond donors (Lipinski definition) is 3. The summed E-state index contributed by atoms with van der Waals surface area (Å²) in [4.78, 5) is 11.9. The maximum Gasteiger partial charge on any atom is 0.237 e. The third-order valence-corrected chi connectivity index (χ3v) is 4.57. The van der Waals surface area contributed by atoms with E-state index in [-0.39, 0.29) is 24.9 Å². The molecule has 0 aliphatic rings. The molecule has 5 nitrogen and oxygen atoms in total. The molecular weight excluding hydrogens is 384 g/mol. The first-order valence-electron chi connectivity index (χ1n) is 8.57. The number of nitrogens with two attached hydrogens (primary N) is 1. The molecule has 1 unspecified atom stereocenters. The second-order valence-electron chi connectivity index (χ2n) is 6.00. The molecule has 1 amide bonds. The fourth-order valence-corrected chi connectivity index (χ4v) is 2.86.